The molecule has 0 aliphatic rings. The molecule has 0 radical (unpaired) electrons. The van der Waals surface area contributed by atoms with E-state index in [0.717, 1.165) is 11.3 Å². The maximum atomic E-state index is 11.9. The van der Waals surface area contributed by atoms with Crippen LogP contribution < -0.4 is 5.32 Å². The van der Waals surface area contributed by atoms with E-state index in [1.807, 2.05) is 0 Å². The van der Waals surface area contributed by atoms with Crippen molar-refractivity contribution in [1.82, 2.24) is 0 Å². The Morgan fingerprint density at radius 3 is 2.43 bits per heavy atom. The summed E-state index contributed by atoms with van der Waals surface area (Å²) >= 11 is 0.826. The number of esters is 1. The van der Waals surface area contributed by atoms with E-state index in [2.05, 4.69) is 11.9 Å². The maximum absolute atomic E-state index is 11.9. The van der Waals surface area contributed by atoms with Crippen molar-refractivity contribution in [3.05, 3.63) is 28.7 Å². The Morgan fingerprint density at radius 2 is 1.96 bits per heavy atom. The first kappa shape index (κ1) is 18.7. The molecule has 126 valence electrons. The van der Waals surface area contributed by atoms with Crippen LogP contribution in [0, 0.1) is 6.92 Å². The number of carbonyl (C=O) groups is 3. The number of ether oxygens (including phenoxy) is 2. The van der Waals surface area contributed by atoms with Crippen molar-refractivity contribution < 1.29 is 29.0 Å². The van der Waals surface area contributed by atoms with Gasteiger partial charge in [0.2, 0.25) is 0 Å². The van der Waals surface area contributed by atoms with Crippen molar-refractivity contribution in [2.24, 2.45) is 0 Å². The number of hydrogen-bond donors (Lipinski definition) is 2. The number of thiophene rings is 1. The van der Waals surface area contributed by atoms with E-state index in [1.165, 1.54) is 13.0 Å². The third-order valence-electron chi connectivity index (χ3n) is 2.49. The third kappa shape index (κ3) is 5.10. The number of amides is 1. The zero-order valence-electron chi connectivity index (χ0n) is 13.4. The van der Waals surface area contributed by atoms with Gasteiger partial charge in [-0.05, 0) is 33.3 Å². The molecule has 0 aliphatic carbocycles. The van der Waals surface area contributed by atoms with Gasteiger partial charge in [-0.2, -0.15) is 0 Å². The van der Waals surface area contributed by atoms with Crippen LogP contribution in [-0.4, -0.2) is 35.3 Å². The van der Waals surface area contributed by atoms with Crippen LogP contribution in [0.1, 0.15) is 46.4 Å². The fourth-order valence-corrected chi connectivity index (χ4v) is 2.73. The number of nitrogens with one attached hydrogen (secondary N) is 1. The molecule has 8 heteroatoms. The van der Waals surface area contributed by atoms with Gasteiger partial charge in [-0.15, -0.1) is 11.3 Å². The van der Waals surface area contributed by atoms with Gasteiger partial charge in [0.1, 0.15) is 22.1 Å². The normalized spacial score (nSPS) is 10.8. The molecule has 0 aliphatic heterocycles. The molecule has 0 saturated heterocycles. The quantitative estimate of drug-likeness (QED) is 0.628. The smallest absolute Gasteiger partial charge is 0.412 e. The number of carboxylic acid groups (broad SMARTS) is 1. The monoisotopic (exact) mass is 341 g/mol. The topological polar surface area (TPSA) is 102 Å². The summed E-state index contributed by atoms with van der Waals surface area (Å²) in [5.74, 6) is -1.93. The van der Waals surface area contributed by atoms with Crippen LogP contribution in [0.3, 0.4) is 0 Å². The van der Waals surface area contributed by atoms with Gasteiger partial charge >= 0.3 is 18.0 Å². The average molecular weight is 341 g/mol. The Kier molecular flexibility index (Phi) is 5.91. The molecule has 1 rings (SSSR count). The Labute approximate surface area is 137 Å². The number of carboxylic acids is 1. The molecule has 1 heterocycles. The average Bonchev–Trinajstić information content (AvgIpc) is 2.70. The van der Waals surface area contributed by atoms with E-state index in [0.29, 0.717) is 0 Å². The fraction of sp³-hybridized carbons (Fsp3) is 0.400. The number of anilines is 1. The molecule has 7 nitrogen and oxygen atoms in total. The highest BCUT2D eigenvalue weighted by Gasteiger charge is 2.27. The number of aromatic carboxylic acids is 1. The molecule has 0 unspecified atom stereocenters. The summed E-state index contributed by atoms with van der Waals surface area (Å²) in [6, 6.07) is 0. The van der Waals surface area contributed by atoms with E-state index in [-0.39, 0.29) is 27.6 Å². The van der Waals surface area contributed by atoms with Crippen LogP contribution in [0.15, 0.2) is 12.7 Å². The Hall–Kier alpha value is -2.35. The van der Waals surface area contributed by atoms with Crippen LogP contribution in [0.2, 0.25) is 0 Å². The van der Waals surface area contributed by atoms with Crippen LogP contribution in [0.4, 0.5) is 9.80 Å². The summed E-state index contributed by atoms with van der Waals surface area (Å²) in [6.45, 7) is 9.96. The molecule has 0 bridgehead atoms. The van der Waals surface area contributed by atoms with Crippen LogP contribution in [0.5, 0.6) is 0 Å². The molecule has 2 N–H and O–H groups in total. The highest BCUT2D eigenvalue weighted by Crippen LogP contribution is 2.34. The minimum absolute atomic E-state index is 0.00735. The first-order valence-electron chi connectivity index (χ1n) is 6.71. The summed E-state index contributed by atoms with van der Waals surface area (Å²) in [7, 11) is 0. The van der Waals surface area contributed by atoms with Crippen molar-refractivity contribution >= 4 is 34.4 Å². The zero-order valence-corrected chi connectivity index (χ0v) is 14.2. The highest BCUT2D eigenvalue weighted by atomic mass is 32.1. The molecular weight excluding hydrogens is 322 g/mol. The minimum Gasteiger partial charge on any atom is -0.478 e. The predicted octanol–water partition coefficient (Wildman–Crippen LogP) is 3.44. The summed E-state index contributed by atoms with van der Waals surface area (Å²) in [5.41, 5.74) is -0.667. The van der Waals surface area contributed by atoms with E-state index < -0.39 is 23.6 Å². The molecule has 0 atom stereocenters. The van der Waals surface area contributed by atoms with Gasteiger partial charge in [-0.3, -0.25) is 5.32 Å². The SMILES string of the molecule is C=CCOC(=O)c1sc(NC(=O)OC(C)(C)C)c(C(=O)O)c1C. The molecule has 0 spiro atoms. The Morgan fingerprint density at radius 1 is 1.35 bits per heavy atom. The molecule has 0 aromatic carbocycles. The van der Waals surface area contributed by atoms with Crippen molar-refractivity contribution in [2.45, 2.75) is 33.3 Å². The van der Waals surface area contributed by atoms with E-state index >= 15 is 0 Å². The number of carbonyl (C=O) groups excluding carboxylic acids is 2. The molecule has 1 amide bonds. The fourth-order valence-electron chi connectivity index (χ4n) is 1.65. The molecule has 23 heavy (non-hydrogen) atoms. The lowest BCUT2D eigenvalue weighted by Gasteiger charge is -2.19. The molecule has 0 saturated carbocycles. The van der Waals surface area contributed by atoms with Gasteiger partial charge in [0.05, 0.1) is 5.56 Å². The molecular formula is C15H19NO6S. The number of rotatable bonds is 5. The molecule has 0 fully saturated rings. The molecule has 1 aromatic rings. The summed E-state index contributed by atoms with van der Waals surface area (Å²) in [6.07, 6.45) is 0.603. The lowest BCUT2D eigenvalue weighted by Crippen LogP contribution is -2.27. The third-order valence-corrected chi connectivity index (χ3v) is 3.68. The maximum Gasteiger partial charge on any atom is 0.412 e. The van der Waals surface area contributed by atoms with E-state index in [1.54, 1.807) is 20.8 Å². The minimum atomic E-state index is -1.26. The van der Waals surface area contributed by atoms with Gasteiger partial charge in [0.25, 0.3) is 0 Å². The highest BCUT2D eigenvalue weighted by molar-refractivity contribution is 7.18. The van der Waals surface area contributed by atoms with Crippen LogP contribution in [0.25, 0.3) is 0 Å². The van der Waals surface area contributed by atoms with Gasteiger partial charge in [-0.25, -0.2) is 14.4 Å². The second-order valence-corrected chi connectivity index (χ2v) is 6.60. The van der Waals surface area contributed by atoms with Crippen molar-refractivity contribution in [2.75, 3.05) is 11.9 Å². The van der Waals surface area contributed by atoms with Crippen molar-refractivity contribution in [3.63, 3.8) is 0 Å². The van der Waals surface area contributed by atoms with E-state index in [9.17, 15) is 19.5 Å². The first-order chi connectivity index (χ1) is 10.6. The Balaban J connectivity index is 3.12. The summed E-state index contributed by atoms with van der Waals surface area (Å²) < 4.78 is 9.99. The second kappa shape index (κ2) is 7.28. The predicted molar refractivity (Wildman–Crippen MR) is 86.4 cm³/mol. The summed E-state index contributed by atoms with van der Waals surface area (Å²) in [5, 5.41) is 11.7. The summed E-state index contributed by atoms with van der Waals surface area (Å²) in [4.78, 5) is 35.3. The standard InChI is InChI=1S/C15H19NO6S/c1-6-7-21-13(19)10-8(2)9(12(17)18)11(23-10)16-14(20)22-15(3,4)5/h6H,1,7H2,2-5H3,(H,16,20)(H,17,18). The van der Waals surface area contributed by atoms with Crippen LogP contribution in [-0.2, 0) is 9.47 Å². The van der Waals surface area contributed by atoms with Gasteiger partial charge in [0, 0.05) is 0 Å². The Bertz CT molecular complexity index is 641. The van der Waals surface area contributed by atoms with Gasteiger partial charge in [-0.1, -0.05) is 12.7 Å². The van der Waals surface area contributed by atoms with Crippen molar-refractivity contribution in [3.8, 4) is 0 Å². The lowest BCUT2D eigenvalue weighted by atomic mass is 10.1. The largest absolute Gasteiger partial charge is 0.478 e. The first-order valence-corrected chi connectivity index (χ1v) is 7.53. The van der Waals surface area contributed by atoms with E-state index in [4.69, 9.17) is 9.47 Å². The number of hydrogen-bond acceptors (Lipinski definition) is 6. The second-order valence-electron chi connectivity index (χ2n) is 5.58. The lowest BCUT2D eigenvalue weighted by molar-refractivity contribution is 0.0553. The van der Waals surface area contributed by atoms with Crippen molar-refractivity contribution in [1.29, 1.82) is 0 Å². The molecule has 1 aromatic heterocycles. The van der Waals surface area contributed by atoms with Gasteiger partial charge < -0.3 is 14.6 Å². The zero-order chi connectivity index (χ0) is 17.8. The van der Waals surface area contributed by atoms with Crippen LogP contribution >= 0.6 is 11.3 Å². The van der Waals surface area contributed by atoms with Gasteiger partial charge in [0.15, 0.2) is 0 Å².